The van der Waals surface area contributed by atoms with Gasteiger partial charge in [-0.3, -0.25) is 0 Å². The highest BCUT2D eigenvalue weighted by Crippen LogP contribution is 2.20. The molecule has 0 atom stereocenters. The molecule has 2 N–H and O–H groups in total. The van der Waals surface area contributed by atoms with Crippen LogP contribution in [0.15, 0.2) is 48.5 Å². The van der Waals surface area contributed by atoms with E-state index in [-0.39, 0.29) is 23.0 Å². The Morgan fingerprint density at radius 1 is 0.812 bits per heavy atom. The van der Waals surface area contributed by atoms with Crippen LogP contribution in [0.1, 0.15) is 20.7 Å². The van der Waals surface area contributed by atoms with Gasteiger partial charge in [-0.2, -0.15) is 4.98 Å². The molecule has 3 aromatic rings. The van der Waals surface area contributed by atoms with E-state index in [4.69, 9.17) is 0 Å². The fourth-order valence-electron chi connectivity index (χ4n) is 2.91. The Hall–Kier alpha value is -4.67. The van der Waals surface area contributed by atoms with E-state index in [9.17, 15) is 19.8 Å². The molecule has 0 amide bonds. The van der Waals surface area contributed by atoms with Crippen LogP contribution < -0.4 is 20.8 Å². The normalized spacial score (nSPS) is 12.7. The van der Waals surface area contributed by atoms with Crippen molar-refractivity contribution in [3.63, 3.8) is 0 Å². The molecular weight excluding hydrogens is 414 g/mol. The van der Waals surface area contributed by atoms with E-state index < -0.39 is 11.9 Å². The van der Waals surface area contributed by atoms with Crippen molar-refractivity contribution in [2.75, 3.05) is 24.2 Å². The van der Waals surface area contributed by atoms with Crippen LogP contribution in [0.3, 0.4) is 0 Å². The van der Waals surface area contributed by atoms with Gasteiger partial charge in [0.1, 0.15) is 7.05 Å². The summed E-state index contributed by atoms with van der Waals surface area (Å²) in [6.45, 7) is 0.569. The van der Waals surface area contributed by atoms with E-state index in [0.717, 1.165) is 0 Å². The standard InChI is InChI=1S/C21H17N7O4/c1-27-10-11-28(12-27)21-25-19(22-15-6-2-13(3-7-15)17(29)30)24-20(26-21)23-16-8-4-14(5-9-16)18(31)32/h2-10,12H,11H2,1H3,(H2-2,22,23,24,25,26,29,30,31,32). The summed E-state index contributed by atoms with van der Waals surface area (Å²) < 4.78 is 3.69. The molecule has 11 nitrogen and oxygen atoms in total. The summed E-state index contributed by atoms with van der Waals surface area (Å²) in [5.74, 6) is -1.69. The molecule has 2 aromatic carbocycles. The summed E-state index contributed by atoms with van der Waals surface area (Å²) in [7, 11) is 1.89. The number of aromatic carboxylic acids is 2. The topological polar surface area (TPSA) is 149 Å². The second-order valence-electron chi connectivity index (χ2n) is 6.88. The molecule has 0 saturated heterocycles. The van der Waals surface area contributed by atoms with Gasteiger partial charge < -0.3 is 30.4 Å². The first-order valence-corrected chi connectivity index (χ1v) is 9.47. The third-order valence-electron chi connectivity index (χ3n) is 4.52. The maximum atomic E-state index is 10.9. The number of carboxylic acid groups (broad SMARTS) is 2. The lowest BCUT2D eigenvalue weighted by Crippen LogP contribution is -2.22. The molecule has 0 unspecified atom stereocenters. The van der Waals surface area contributed by atoms with Crippen molar-refractivity contribution in [3.8, 4) is 0 Å². The average molecular weight is 431 g/mol. The molecule has 0 spiro atoms. The van der Waals surface area contributed by atoms with Crippen LogP contribution in [0.2, 0.25) is 0 Å². The highest BCUT2D eigenvalue weighted by Gasteiger charge is 2.24. The van der Waals surface area contributed by atoms with Crippen LogP contribution in [0.25, 0.3) is 0 Å². The van der Waals surface area contributed by atoms with Crippen molar-refractivity contribution in [3.05, 3.63) is 59.7 Å². The highest BCUT2D eigenvalue weighted by atomic mass is 16.4. The number of anilines is 4. The van der Waals surface area contributed by atoms with Crippen molar-refractivity contribution in [1.29, 1.82) is 0 Å². The van der Waals surface area contributed by atoms with Gasteiger partial charge >= 0.3 is 12.3 Å². The van der Waals surface area contributed by atoms with Gasteiger partial charge in [-0.15, -0.1) is 14.5 Å². The van der Waals surface area contributed by atoms with Gasteiger partial charge in [0.05, 0.1) is 11.9 Å². The summed E-state index contributed by atoms with van der Waals surface area (Å²) in [5.41, 5.74) is 1.26. The second-order valence-corrected chi connectivity index (χ2v) is 6.88. The number of benzene rings is 2. The van der Waals surface area contributed by atoms with Crippen molar-refractivity contribution in [2.45, 2.75) is 0 Å². The lowest BCUT2D eigenvalue weighted by Gasteiger charge is -2.10. The van der Waals surface area contributed by atoms with Gasteiger partial charge in [-0.25, -0.2) is 0 Å². The Bertz CT molecular complexity index is 1170. The maximum Gasteiger partial charge on any atom is 0.417 e. The first kappa shape index (κ1) is 20.6. The first-order valence-electron chi connectivity index (χ1n) is 9.47. The van der Waals surface area contributed by atoms with Crippen LogP contribution in [-0.4, -0.2) is 62.2 Å². The Morgan fingerprint density at radius 2 is 1.28 bits per heavy atom. The average Bonchev–Trinajstić information content (AvgIpc) is 3.21. The first-order chi connectivity index (χ1) is 15.4. The molecule has 0 bridgehead atoms. The molecule has 2 heterocycles. The van der Waals surface area contributed by atoms with E-state index in [0.29, 0.717) is 23.9 Å². The van der Waals surface area contributed by atoms with Gasteiger partial charge in [-0.05, 0) is 35.4 Å². The summed E-state index contributed by atoms with van der Waals surface area (Å²) in [5, 5.41) is 27.9. The summed E-state index contributed by atoms with van der Waals surface area (Å²) in [6.07, 6.45) is 3.77. The Labute approximate surface area is 182 Å². The quantitative estimate of drug-likeness (QED) is 0.471. The lowest BCUT2D eigenvalue weighted by molar-refractivity contribution is -0.465. The van der Waals surface area contributed by atoms with Crippen LogP contribution in [-0.2, 0) is 0 Å². The Balaban J connectivity index is 1.64. The molecule has 1 aliphatic rings. The maximum absolute atomic E-state index is 10.9. The summed E-state index contributed by atoms with van der Waals surface area (Å²) in [4.78, 5) is 35.1. The fraction of sp³-hybridized carbons (Fsp3) is 0.0952. The van der Waals surface area contributed by atoms with Crippen LogP contribution in [0, 0.1) is 0 Å². The molecule has 1 aliphatic heterocycles. The van der Waals surface area contributed by atoms with Gasteiger partial charge in [-0.1, -0.05) is 28.8 Å². The van der Waals surface area contributed by atoms with Crippen molar-refractivity contribution in [1.82, 2.24) is 15.0 Å². The van der Waals surface area contributed by atoms with Gasteiger partial charge in [0, 0.05) is 11.4 Å². The number of carboxylic acids is 2. The van der Waals surface area contributed by atoms with Crippen molar-refractivity contribution >= 4 is 53.7 Å². The third kappa shape index (κ3) is 4.73. The Kier molecular flexibility index (Phi) is 5.53. The zero-order valence-corrected chi connectivity index (χ0v) is 16.8. The molecule has 32 heavy (non-hydrogen) atoms. The molecule has 0 radical (unpaired) electrons. The molecule has 4 rings (SSSR count). The number of carbonyl (C=O) groups is 2. The SMILES string of the molecule is C[N+]1=CC[N+](c2nc(Nc3ccc(C(=O)[O-])cc3)nc(Nc3ccc(C(=O)[O-])cc3)n2)=C1. The minimum Gasteiger partial charge on any atom is -0.545 e. The van der Waals surface area contributed by atoms with Crippen LogP contribution in [0.4, 0.5) is 29.2 Å². The molecule has 160 valence electrons. The molecule has 0 aliphatic carbocycles. The zero-order chi connectivity index (χ0) is 22.7. The number of rotatable bonds is 7. The van der Waals surface area contributed by atoms with Crippen molar-refractivity contribution in [2.24, 2.45) is 0 Å². The largest absolute Gasteiger partial charge is 0.545 e. The smallest absolute Gasteiger partial charge is 0.417 e. The molecule has 0 saturated carbocycles. The van der Waals surface area contributed by atoms with E-state index in [1.54, 1.807) is 24.3 Å². The van der Waals surface area contributed by atoms with E-state index in [2.05, 4.69) is 25.6 Å². The van der Waals surface area contributed by atoms with Crippen LogP contribution >= 0.6 is 0 Å². The second kappa shape index (κ2) is 8.60. The Morgan fingerprint density at radius 3 is 1.66 bits per heavy atom. The minimum absolute atomic E-state index is 0.0551. The number of nitrogens with one attached hydrogen (secondary N) is 2. The lowest BCUT2D eigenvalue weighted by atomic mass is 10.2. The summed E-state index contributed by atoms with van der Waals surface area (Å²) in [6, 6.07) is 11.9. The molecular formula is C21H17N7O4. The number of nitrogens with zero attached hydrogens (tertiary/aromatic N) is 5. The fourth-order valence-corrected chi connectivity index (χ4v) is 2.91. The highest BCUT2D eigenvalue weighted by molar-refractivity contribution is 5.86. The zero-order valence-electron chi connectivity index (χ0n) is 16.8. The van der Waals surface area contributed by atoms with Gasteiger partial charge in [0.2, 0.25) is 24.7 Å². The number of hydrogen-bond donors (Lipinski definition) is 2. The monoisotopic (exact) mass is 431 g/mol. The van der Waals surface area contributed by atoms with Crippen molar-refractivity contribution < 1.29 is 29.0 Å². The molecule has 1 aromatic heterocycles. The van der Waals surface area contributed by atoms with E-state index in [1.165, 1.54) is 24.3 Å². The van der Waals surface area contributed by atoms with Gasteiger partial charge in [0.25, 0.3) is 0 Å². The van der Waals surface area contributed by atoms with Gasteiger partial charge in [0.15, 0.2) is 0 Å². The predicted molar refractivity (Wildman–Crippen MR) is 111 cm³/mol. The number of carbonyl (C=O) groups excluding carboxylic acids is 2. The summed E-state index contributed by atoms with van der Waals surface area (Å²) >= 11 is 0. The predicted octanol–water partition coefficient (Wildman–Crippen LogP) is -0.515. The molecule has 11 heteroatoms. The molecule has 0 fully saturated rings. The number of aromatic nitrogens is 3. The van der Waals surface area contributed by atoms with E-state index in [1.807, 2.05) is 28.8 Å². The van der Waals surface area contributed by atoms with E-state index >= 15 is 0 Å². The third-order valence-corrected chi connectivity index (χ3v) is 4.52. The number of hydrogen-bond acceptors (Lipinski definition) is 9. The van der Waals surface area contributed by atoms with Crippen LogP contribution in [0.5, 0.6) is 0 Å². The minimum atomic E-state index is -1.26.